The second-order valence-electron chi connectivity index (χ2n) is 4.57. The lowest BCUT2D eigenvalue weighted by Crippen LogP contribution is -2.14. The van der Waals surface area contributed by atoms with Gasteiger partial charge in [0.1, 0.15) is 15.8 Å². The van der Waals surface area contributed by atoms with E-state index in [1.54, 1.807) is 11.3 Å². The highest BCUT2D eigenvalue weighted by Gasteiger charge is 2.14. The highest BCUT2D eigenvalue weighted by molar-refractivity contribution is 7.14. The van der Waals surface area contributed by atoms with Crippen molar-refractivity contribution < 1.29 is 4.74 Å². The number of hydrogen-bond donors (Lipinski definition) is 1. The Kier molecular flexibility index (Phi) is 5.49. The van der Waals surface area contributed by atoms with Gasteiger partial charge in [0.15, 0.2) is 0 Å². The summed E-state index contributed by atoms with van der Waals surface area (Å²) < 4.78 is 5.66. The summed E-state index contributed by atoms with van der Waals surface area (Å²) in [5.74, 6) is 0.891. The molecule has 1 aromatic heterocycles. The van der Waals surface area contributed by atoms with Gasteiger partial charge in [-0.25, -0.2) is 0 Å². The number of rotatable bonds is 7. The minimum atomic E-state index is 0.278. The number of aromatic nitrogens is 2. The predicted molar refractivity (Wildman–Crippen MR) is 83.2 cm³/mol. The Morgan fingerprint density at radius 3 is 2.85 bits per heavy atom. The molecule has 5 heteroatoms. The van der Waals surface area contributed by atoms with E-state index in [-0.39, 0.29) is 6.04 Å². The molecule has 0 radical (unpaired) electrons. The molecule has 0 bridgehead atoms. The normalized spacial score (nSPS) is 12.3. The van der Waals surface area contributed by atoms with Gasteiger partial charge < -0.3 is 10.1 Å². The van der Waals surface area contributed by atoms with Crippen LogP contribution in [0.15, 0.2) is 24.3 Å². The number of ether oxygens (including phenoxy) is 1. The zero-order valence-electron chi connectivity index (χ0n) is 12.2. The topological polar surface area (TPSA) is 47.0 Å². The van der Waals surface area contributed by atoms with Crippen LogP contribution in [0.3, 0.4) is 0 Å². The third-order valence-corrected chi connectivity index (χ3v) is 4.14. The second-order valence-corrected chi connectivity index (χ2v) is 5.58. The van der Waals surface area contributed by atoms with Gasteiger partial charge in [-0.15, -0.1) is 10.2 Å². The summed E-state index contributed by atoms with van der Waals surface area (Å²) in [6.45, 7) is 4.98. The van der Waals surface area contributed by atoms with Crippen LogP contribution in [0.25, 0.3) is 10.6 Å². The summed E-state index contributed by atoms with van der Waals surface area (Å²) in [7, 11) is 1.95. The fourth-order valence-electron chi connectivity index (χ4n) is 1.93. The Hall–Kier alpha value is -1.46. The minimum absolute atomic E-state index is 0.278. The molecule has 0 aliphatic carbocycles. The van der Waals surface area contributed by atoms with Gasteiger partial charge in [-0.3, -0.25) is 0 Å². The van der Waals surface area contributed by atoms with Crippen molar-refractivity contribution in [2.24, 2.45) is 0 Å². The molecule has 0 amide bonds. The van der Waals surface area contributed by atoms with E-state index in [0.717, 1.165) is 40.8 Å². The monoisotopic (exact) mass is 291 g/mol. The third kappa shape index (κ3) is 3.55. The lowest BCUT2D eigenvalue weighted by molar-refractivity contribution is 0.317. The number of benzene rings is 1. The third-order valence-electron chi connectivity index (χ3n) is 3.05. The first kappa shape index (κ1) is 14.9. The molecule has 0 spiro atoms. The average Bonchev–Trinajstić information content (AvgIpc) is 2.96. The van der Waals surface area contributed by atoms with Crippen LogP contribution in [0.2, 0.25) is 0 Å². The molecule has 4 nitrogen and oxygen atoms in total. The summed E-state index contributed by atoms with van der Waals surface area (Å²) in [5.41, 5.74) is 1.06. The van der Waals surface area contributed by atoms with E-state index in [4.69, 9.17) is 4.74 Å². The van der Waals surface area contributed by atoms with Crippen molar-refractivity contribution >= 4 is 11.3 Å². The lowest BCUT2D eigenvalue weighted by Gasteiger charge is -2.08. The summed E-state index contributed by atoms with van der Waals surface area (Å²) in [6.07, 6.45) is 2.01. The van der Waals surface area contributed by atoms with Crippen LogP contribution in [-0.4, -0.2) is 23.9 Å². The lowest BCUT2D eigenvalue weighted by atomic mass is 10.2. The Morgan fingerprint density at radius 2 is 2.15 bits per heavy atom. The zero-order chi connectivity index (χ0) is 14.4. The van der Waals surface area contributed by atoms with Crippen LogP contribution < -0.4 is 10.1 Å². The van der Waals surface area contributed by atoms with Gasteiger partial charge in [-0.2, -0.15) is 0 Å². The standard InChI is InChI=1S/C15H21N3OS/c1-4-9-19-12-8-6-7-11(10-12)14-17-18-15(20-14)13(5-2)16-3/h6-8,10,13,16H,4-5,9H2,1-3H3. The Morgan fingerprint density at radius 1 is 1.30 bits per heavy atom. The largest absolute Gasteiger partial charge is 0.494 e. The zero-order valence-corrected chi connectivity index (χ0v) is 13.0. The van der Waals surface area contributed by atoms with E-state index in [1.165, 1.54) is 0 Å². The molecule has 20 heavy (non-hydrogen) atoms. The van der Waals surface area contributed by atoms with Crippen molar-refractivity contribution in [3.8, 4) is 16.3 Å². The fourth-order valence-corrected chi connectivity index (χ4v) is 2.97. The highest BCUT2D eigenvalue weighted by atomic mass is 32.1. The van der Waals surface area contributed by atoms with Crippen molar-refractivity contribution in [2.45, 2.75) is 32.7 Å². The first-order valence-corrected chi connectivity index (χ1v) is 7.84. The molecule has 1 heterocycles. The Bertz CT molecular complexity index is 537. The molecule has 1 atom stereocenters. The maximum absolute atomic E-state index is 5.66. The average molecular weight is 291 g/mol. The molecule has 108 valence electrons. The van der Waals surface area contributed by atoms with E-state index in [1.807, 2.05) is 31.3 Å². The van der Waals surface area contributed by atoms with Gasteiger partial charge in [0.25, 0.3) is 0 Å². The van der Waals surface area contributed by atoms with Gasteiger partial charge in [-0.1, -0.05) is 37.3 Å². The summed E-state index contributed by atoms with van der Waals surface area (Å²) in [5, 5.41) is 13.8. The van der Waals surface area contributed by atoms with E-state index in [9.17, 15) is 0 Å². The smallest absolute Gasteiger partial charge is 0.147 e. The SMILES string of the molecule is CCCOc1cccc(-c2nnc(C(CC)NC)s2)c1. The minimum Gasteiger partial charge on any atom is -0.494 e. The van der Waals surface area contributed by atoms with Crippen LogP contribution in [0.1, 0.15) is 37.7 Å². The second kappa shape index (κ2) is 7.36. The first-order valence-electron chi connectivity index (χ1n) is 7.02. The van der Waals surface area contributed by atoms with Gasteiger partial charge in [0.05, 0.1) is 12.6 Å². The van der Waals surface area contributed by atoms with E-state index in [0.29, 0.717) is 0 Å². The van der Waals surface area contributed by atoms with Crippen LogP contribution >= 0.6 is 11.3 Å². The Balaban J connectivity index is 2.19. The van der Waals surface area contributed by atoms with Crippen molar-refractivity contribution in [3.05, 3.63) is 29.3 Å². The Labute approximate surface area is 124 Å². The van der Waals surface area contributed by atoms with E-state index >= 15 is 0 Å². The molecular formula is C15H21N3OS. The summed E-state index contributed by atoms with van der Waals surface area (Å²) >= 11 is 1.64. The quantitative estimate of drug-likeness (QED) is 0.845. The van der Waals surface area contributed by atoms with Crippen LogP contribution in [-0.2, 0) is 0 Å². The van der Waals surface area contributed by atoms with Crippen LogP contribution in [0.4, 0.5) is 0 Å². The van der Waals surface area contributed by atoms with Crippen molar-refractivity contribution in [2.75, 3.05) is 13.7 Å². The fraction of sp³-hybridized carbons (Fsp3) is 0.467. The molecule has 2 rings (SSSR count). The number of nitrogens with one attached hydrogen (secondary N) is 1. The maximum atomic E-state index is 5.66. The first-order chi connectivity index (χ1) is 9.78. The molecule has 1 N–H and O–H groups in total. The van der Waals surface area contributed by atoms with Crippen LogP contribution in [0, 0.1) is 0 Å². The van der Waals surface area contributed by atoms with E-state index < -0.39 is 0 Å². The predicted octanol–water partition coefficient (Wildman–Crippen LogP) is 3.66. The van der Waals surface area contributed by atoms with Crippen LogP contribution in [0.5, 0.6) is 5.75 Å². The summed E-state index contributed by atoms with van der Waals surface area (Å²) in [4.78, 5) is 0. The van der Waals surface area contributed by atoms with Crippen molar-refractivity contribution in [1.29, 1.82) is 0 Å². The van der Waals surface area contributed by atoms with Gasteiger partial charge >= 0.3 is 0 Å². The van der Waals surface area contributed by atoms with Crippen molar-refractivity contribution in [3.63, 3.8) is 0 Å². The molecule has 1 unspecified atom stereocenters. The molecule has 0 aliphatic heterocycles. The molecule has 0 fully saturated rings. The van der Waals surface area contributed by atoms with Gasteiger partial charge in [0, 0.05) is 5.56 Å². The molecule has 1 aromatic carbocycles. The maximum Gasteiger partial charge on any atom is 0.147 e. The number of hydrogen-bond acceptors (Lipinski definition) is 5. The highest BCUT2D eigenvalue weighted by Crippen LogP contribution is 2.29. The summed E-state index contributed by atoms with van der Waals surface area (Å²) in [6, 6.07) is 8.32. The molecule has 0 saturated heterocycles. The number of nitrogens with zero attached hydrogens (tertiary/aromatic N) is 2. The van der Waals surface area contributed by atoms with Gasteiger partial charge in [0.2, 0.25) is 0 Å². The van der Waals surface area contributed by atoms with Crippen molar-refractivity contribution in [1.82, 2.24) is 15.5 Å². The van der Waals surface area contributed by atoms with Gasteiger partial charge in [-0.05, 0) is 32.0 Å². The molecule has 2 aromatic rings. The van der Waals surface area contributed by atoms with E-state index in [2.05, 4.69) is 29.4 Å². The molecule has 0 aliphatic rings. The molecular weight excluding hydrogens is 270 g/mol. The molecule has 0 saturated carbocycles.